The molecule has 9 amide bonds. The number of carbonyl (C=O) groups excluding carboxylic acids is 10. The highest BCUT2D eigenvalue weighted by molar-refractivity contribution is 8.76. The minimum absolute atomic E-state index is 0.0315. The zero-order valence-electron chi connectivity index (χ0n) is 40.1. The number of primary amides is 2. The van der Waals surface area contributed by atoms with Crippen LogP contribution in [0.3, 0.4) is 0 Å². The summed E-state index contributed by atoms with van der Waals surface area (Å²) in [7, 11) is 2.04. The third-order valence-electron chi connectivity index (χ3n) is 11.9. The molecule has 2 aromatic carbocycles. The van der Waals surface area contributed by atoms with Gasteiger partial charge in [-0.15, -0.1) is 0 Å². The Morgan fingerprint density at radius 2 is 1.38 bits per heavy atom. The van der Waals surface area contributed by atoms with Crippen LogP contribution in [0.5, 0.6) is 5.75 Å². The lowest BCUT2D eigenvalue weighted by atomic mass is 9.92. The van der Waals surface area contributed by atoms with Crippen molar-refractivity contribution in [3.8, 4) is 5.75 Å². The van der Waals surface area contributed by atoms with Gasteiger partial charge in [0, 0.05) is 50.2 Å². The molecular formula is C47H65N11O13S2. The molecule has 0 bridgehead atoms. The van der Waals surface area contributed by atoms with E-state index in [9.17, 15) is 57.8 Å². The van der Waals surface area contributed by atoms with Gasteiger partial charge in [0.25, 0.3) is 0 Å². The smallest absolute Gasteiger partial charge is 0.322 e. The van der Waals surface area contributed by atoms with Crippen molar-refractivity contribution in [3.63, 3.8) is 0 Å². The number of likely N-dealkylation sites (tertiary alicyclic amines) is 1. The predicted octanol–water partition coefficient (Wildman–Crippen LogP) is -2.64. The standard InChI is InChI=1S/C47H65N11O13S2/c48-17-5-4-9-32(43(67)52-23-40(63)64)54-46(70)36-10-6-18-58(36)47(71)35-25-73-72-24-30(49)42(66)55-33(20-27-11-13-29(59)14-12-27)45(69)56-34(19-26-7-2-1-3-8-26)44(68)53-31(15-16-38(50)61)37(60)21-28(22-39(51)62)41(65)57-35/h1-3,7-8,11-14,28,30-36,59H,4-6,9-10,15-25,48-49H2,(H2,50,61)(H2,51,62)(H,52,67)(H,53,68)(H,54,70)(H,55,66)(H,56,69)(H,57,65)(H,63,64)/t28-,30-,31-,32-,33-,34-,35-,36-/m0/s1. The number of rotatable bonds is 19. The van der Waals surface area contributed by atoms with Gasteiger partial charge in [0.05, 0.1) is 18.0 Å². The van der Waals surface area contributed by atoms with Crippen molar-refractivity contribution in [1.29, 1.82) is 0 Å². The molecular weight excluding hydrogens is 991 g/mol. The molecule has 4 rings (SSSR count). The minimum atomic E-state index is -1.54. The maximum atomic E-state index is 14.6. The average Bonchev–Trinajstić information content (AvgIpc) is 3.85. The topological polar surface area (TPSA) is 408 Å². The van der Waals surface area contributed by atoms with E-state index in [-0.39, 0.29) is 55.9 Å². The van der Waals surface area contributed by atoms with Crippen LogP contribution in [0.15, 0.2) is 54.6 Å². The van der Waals surface area contributed by atoms with E-state index in [0.29, 0.717) is 36.9 Å². The number of hydrogen-bond donors (Lipinski definition) is 12. The summed E-state index contributed by atoms with van der Waals surface area (Å²) in [4.78, 5) is 149. The Kier molecular flexibility index (Phi) is 23.9. The van der Waals surface area contributed by atoms with Crippen LogP contribution in [0.4, 0.5) is 0 Å². The number of benzene rings is 2. The SMILES string of the molecule is NCCCC[C@H](NC(=O)[C@@H]1CCCN1C(=O)[C@@H]1CSSC[C@H](N)C(=O)N[C@@H](Cc2ccc(O)cc2)C(=O)N[C@@H](Cc2ccccc2)C(=O)N[C@@H](CCC(N)=O)C(=O)C[C@@H](CC(N)=O)C(=O)N1)C(=O)NCC(=O)O. The fraction of sp³-hybridized carbons (Fsp3) is 0.511. The number of nitrogens with two attached hydrogens (primary N) is 4. The Morgan fingerprint density at radius 1 is 0.767 bits per heavy atom. The van der Waals surface area contributed by atoms with Crippen molar-refractivity contribution in [2.75, 3.05) is 31.1 Å². The number of carboxylic acid groups (broad SMARTS) is 1. The van der Waals surface area contributed by atoms with Crippen molar-refractivity contribution in [3.05, 3.63) is 65.7 Å². The highest BCUT2D eigenvalue weighted by Gasteiger charge is 2.41. The summed E-state index contributed by atoms with van der Waals surface area (Å²) >= 11 is 0. The van der Waals surface area contributed by atoms with E-state index in [4.69, 9.17) is 28.0 Å². The molecule has 8 atom stereocenters. The van der Waals surface area contributed by atoms with Gasteiger partial charge in [-0.1, -0.05) is 64.1 Å². The van der Waals surface area contributed by atoms with Gasteiger partial charge in [-0.25, -0.2) is 0 Å². The molecule has 73 heavy (non-hydrogen) atoms. The quantitative estimate of drug-likeness (QED) is 0.0505. The summed E-state index contributed by atoms with van der Waals surface area (Å²) in [6.45, 7) is -0.381. The van der Waals surface area contributed by atoms with E-state index in [1.807, 2.05) is 0 Å². The van der Waals surface area contributed by atoms with Crippen molar-refractivity contribution in [2.24, 2.45) is 28.9 Å². The van der Waals surface area contributed by atoms with Crippen LogP contribution >= 0.6 is 21.6 Å². The summed E-state index contributed by atoms with van der Waals surface area (Å²) in [5.74, 6) is -11.6. The number of amides is 9. The summed E-state index contributed by atoms with van der Waals surface area (Å²) in [6.07, 6.45) is -0.999. The van der Waals surface area contributed by atoms with E-state index in [0.717, 1.165) is 21.6 Å². The second-order valence-electron chi connectivity index (χ2n) is 17.7. The zero-order valence-corrected chi connectivity index (χ0v) is 41.7. The van der Waals surface area contributed by atoms with E-state index < -0.39 is 139 Å². The first-order chi connectivity index (χ1) is 34.8. The number of carbonyl (C=O) groups is 11. The summed E-state index contributed by atoms with van der Waals surface area (Å²) in [5.41, 5.74) is 24.1. The highest BCUT2D eigenvalue weighted by Crippen LogP contribution is 2.26. The largest absolute Gasteiger partial charge is 0.508 e. The van der Waals surface area contributed by atoms with E-state index in [1.54, 1.807) is 30.3 Å². The van der Waals surface area contributed by atoms with Crippen LogP contribution in [0.25, 0.3) is 0 Å². The Balaban J connectivity index is 1.71. The second-order valence-corrected chi connectivity index (χ2v) is 20.2. The van der Waals surface area contributed by atoms with Crippen LogP contribution in [-0.2, 0) is 65.6 Å². The number of Topliss-reactive ketones (excluding diaryl/α,β-unsaturated/α-hetero) is 1. The number of hydrogen-bond acceptors (Lipinski definition) is 16. The van der Waals surface area contributed by atoms with Gasteiger partial charge in [-0.05, 0) is 68.3 Å². The number of aliphatic carboxylic acids is 1. The summed E-state index contributed by atoms with van der Waals surface area (Å²) in [5, 5.41) is 34.4. The van der Waals surface area contributed by atoms with Crippen LogP contribution < -0.4 is 54.8 Å². The summed E-state index contributed by atoms with van der Waals surface area (Å²) < 4.78 is 0. The number of unbranched alkanes of at least 4 members (excludes halogenated alkanes) is 1. The monoisotopic (exact) mass is 1060 g/mol. The molecule has 2 saturated heterocycles. The molecule has 2 aliphatic rings. The second kappa shape index (κ2) is 29.7. The molecule has 0 aliphatic carbocycles. The molecule has 0 saturated carbocycles. The number of aromatic hydroxyl groups is 1. The molecule has 0 unspecified atom stereocenters. The number of ketones is 1. The highest BCUT2D eigenvalue weighted by atomic mass is 33.1. The van der Waals surface area contributed by atoms with E-state index in [2.05, 4.69) is 31.9 Å². The summed E-state index contributed by atoms with van der Waals surface area (Å²) in [6, 6.07) is 5.03. The molecule has 16 N–H and O–H groups in total. The predicted molar refractivity (Wildman–Crippen MR) is 268 cm³/mol. The van der Waals surface area contributed by atoms with Crippen LogP contribution in [0.2, 0.25) is 0 Å². The van der Waals surface area contributed by atoms with E-state index >= 15 is 0 Å². The Bertz CT molecular complexity index is 2300. The third-order valence-corrected chi connectivity index (χ3v) is 14.4. The lowest BCUT2D eigenvalue weighted by Crippen LogP contribution is -2.58. The molecule has 0 aromatic heterocycles. The van der Waals surface area contributed by atoms with Gasteiger partial charge in [-0.3, -0.25) is 52.7 Å². The third kappa shape index (κ3) is 19.6. The maximum Gasteiger partial charge on any atom is 0.322 e. The lowest BCUT2D eigenvalue weighted by Gasteiger charge is -2.30. The molecule has 398 valence electrons. The first kappa shape index (κ1) is 58.8. The fourth-order valence-electron chi connectivity index (χ4n) is 8.04. The van der Waals surface area contributed by atoms with E-state index in [1.165, 1.54) is 29.2 Å². The van der Waals surface area contributed by atoms with Gasteiger partial charge in [0.15, 0.2) is 5.78 Å². The molecule has 24 nitrogen and oxygen atoms in total. The maximum absolute atomic E-state index is 14.6. The number of phenols is 1. The van der Waals surface area contributed by atoms with Gasteiger partial charge >= 0.3 is 5.97 Å². The van der Waals surface area contributed by atoms with Gasteiger partial charge < -0.3 is 69.9 Å². The number of phenolic OH excluding ortho intramolecular Hbond substituents is 1. The van der Waals surface area contributed by atoms with Crippen LogP contribution in [0, 0.1) is 5.92 Å². The molecule has 0 spiro atoms. The van der Waals surface area contributed by atoms with Crippen LogP contribution in [0.1, 0.15) is 68.9 Å². The van der Waals surface area contributed by atoms with Gasteiger partial charge in [0.2, 0.25) is 53.2 Å². The van der Waals surface area contributed by atoms with Crippen molar-refractivity contribution >= 4 is 86.5 Å². The van der Waals surface area contributed by atoms with Crippen molar-refractivity contribution in [2.45, 2.75) is 113 Å². The van der Waals surface area contributed by atoms with Crippen molar-refractivity contribution in [1.82, 2.24) is 36.8 Å². The number of nitrogens with zero attached hydrogens (tertiary/aromatic N) is 1. The molecule has 2 aliphatic heterocycles. The Hall–Kier alpha value is -6.77. The molecule has 2 fully saturated rings. The lowest BCUT2D eigenvalue weighted by molar-refractivity contribution is -0.142. The molecule has 2 heterocycles. The van der Waals surface area contributed by atoms with Gasteiger partial charge in [-0.2, -0.15) is 0 Å². The minimum Gasteiger partial charge on any atom is -0.508 e. The van der Waals surface area contributed by atoms with Crippen molar-refractivity contribution < 1.29 is 63.0 Å². The van der Waals surface area contributed by atoms with Crippen LogP contribution in [-0.4, -0.2) is 153 Å². The van der Waals surface area contributed by atoms with Gasteiger partial charge in [0.1, 0.15) is 42.5 Å². The fourth-order valence-corrected chi connectivity index (χ4v) is 10.3. The Morgan fingerprint density at radius 3 is 2.00 bits per heavy atom. The number of carboxylic acids is 1. The first-order valence-corrected chi connectivity index (χ1v) is 26.2. The normalized spacial score (nSPS) is 23.1. The number of nitrogens with one attached hydrogen (secondary N) is 6. The Labute approximate surface area is 429 Å². The first-order valence-electron chi connectivity index (χ1n) is 23.7. The molecule has 0 radical (unpaired) electrons. The zero-order chi connectivity index (χ0) is 53.6. The average molecular weight is 1060 g/mol. The molecule has 26 heteroatoms. The molecule has 2 aromatic rings.